The lowest BCUT2D eigenvalue weighted by molar-refractivity contribution is 0.472. The Balaban J connectivity index is 2.27. The fourth-order valence-corrected chi connectivity index (χ4v) is 1.86. The van der Waals surface area contributed by atoms with E-state index < -0.39 is 0 Å². The van der Waals surface area contributed by atoms with Crippen LogP contribution in [-0.4, -0.2) is 19.7 Å². The second-order valence-corrected chi connectivity index (χ2v) is 4.01. The van der Waals surface area contributed by atoms with Crippen molar-refractivity contribution in [2.24, 2.45) is 0 Å². The molecule has 4 nitrogen and oxygen atoms in total. The topological polar surface area (TPSA) is 50.4 Å². The second-order valence-electron chi connectivity index (χ2n) is 4.01. The Labute approximate surface area is 98.2 Å². The second kappa shape index (κ2) is 3.59. The molecule has 0 saturated carbocycles. The van der Waals surface area contributed by atoms with Gasteiger partial charge in [0.05, 0.1) is 6.20 Å². The first-order valence-electron chi connectivity index (χ1n) is 5.35. The molecule has 0 atom stereocenters. The van der Waals surface area contributed by atoms with Gasteiger partial charge in [-0.1, -0.05) is 23.8 Å². The van der Waals surface area contributed by atoms with E-state index in [1.54, 1.807) is 22.7 Å². The molecule has 0 spiro atoms. The van der Waals surface area contributed by atoms with E-state index in [0.29, 0.717) is 0 Å². The molecule has 0 amide bonds. The summed E-state index contributed by atoms with van der Waals surface area (Å²) in [4.78, 5) is 0. The molecule has 84 valence electrons. The highest BCUT2D eigenvalue weighted by Gasteiger charge is 2.08. The third-order valence-electron chi connectivity index (χ3n) is 2.66. The van der Waals surface area contributed by atoms with Gasteiger partial charge in [-0.3, -0.25) is 4.40 Å². The van der Waals surface area contributed by atoms with Gasteiger partial charge < -0.3 is 5.11 Å². The van der Waals surface area contributed by atoms with E-state index in [1.165, 1.54) is 5.56 Å². The van der Waals surface area contributed by atoms with Gasteiger partial charge in [0, 0.05) is 5.56 Å². The first kappa shape index (κ1) is 9.84. The van der Waals surface area contributed by atoms with Gasteiger partial charge in [-0.2, -0.15) is 0 Å². The summed E-state index contributed by atoms with van der Waals surface area (Å²) in [6.45, 7) is 2.03. The Morgan fingerprint density at radius 3 is 2.82 bits per heavy atom. The number of aryl methyl sites for hydroxylation is 1. The molecule has 1 N–H and O–H groups in total. The maximum atomic E-state index is 9.50. The monoisotopic (exact) mass is 225 g/mol. The van der Waals surface area contributed by atoms with Crippen LogP contribution in [0.2, 0.25) is 0 Å². The highest BCUT2D eigenvalue weighted by atomic mass is 16.3. The number of aromatic nitrogens is 3. The molecule has 1 aromatic carbocycles. The molecule has 3 rings (SSSR count). The maximum absolute atomic E-state index is 9.50. The van der Waals surface area contributed by atoms with Crippen molar-refractivity contribution in [2.45, 2.75) is 6.92 Å². The minimum Gasteiger partial charge on any atom is -0.506 e. The zero-order valence-electron chi connectivity index (χ0n) is 9.33. The van der Waals surface area contributed by atoms with Crippen LogP contribution in [0.1, 0.15) is 5.56 Å². The molecule has 0 radical (unpaired) electrons. The lowest BCUT2D eigenvalue weighted by atomic mass is 10.1. The molecule has 0 saturated heterocycles. The highest BCUT2D eigenvalue weighted by molar-refractivity contribution is 5.60. The summed E-state index contributed by atoms with van der Waals surface area (Å²) < 4.78 is 1.78. The van der Waals surface area contributed by atoms with Crippen LogP contribution in [0.5, 0.6) is 5.75 Å². The summed E-state index contributed by atoms with van der Waals surface area (Å²) >= 11 is 0. The Bertz CT molecular complexity index is 688. The van der Waals surface area contributed by atoms with Crippen molar-refractivity contribution in [3.8, 4) is 17.1 Å². The smallest absolute Gasteiger partial charge is 0.168 e. The van der Waals surface area contributed by atoms with Gasteiger partial charge in [0.25, 0.3) is 0 Å². The van der Waals surface area contributed by atoms with Crippen LogP contribution in [0.3, 0.4) is 0 Å². The molecule has 4 heteroatoms. The number of fused-ring (bicyclic) bond motifs is 1. The van der Waals surface area contributed by atoms with Gasteiger partial charge in [0.15, 0.2) is 11.5 Å². The predicted octanol–water partition coefficient (Wildman–Crippen LogP) is 2.41. The number of nitrogens with zero attached hydrogens (tertiary/aromatic N) is 3. The van der Waals surface area contributed by atoms with E-state index >= 15 is 0 Å². The number of hydrogen-bond acceptors (Lipinski definition) is 3. The first-order chi connectivity index (χ1) is 8.24. The zero-order chi connectivity index (χ0) is 11.8. The summed E-state index contributed by atoms with van der Waals surface area (Å²) in [5, 5.41) is 17.7. The minimum absolute atomic E-state index is 0.200. The van der Waals surface area contributed by atoms with Crippen molar-refractivity contribution >= 4 is 5.65 Å². The molecule has 0 bridgehead atoms. The van der Waals surface area contributed by atoms with E-state index in [2.05, 4.69) is 10.2 Å². The summed E-state index contributed by atoms with van der Waals surface area (Å²) in [6.07, 6.45) is 1.62. The van der Waals surface area contributed by atoms with Crippen molar-refractivity contribution < 1.29 is 5.11 Å². The molecule has 2 heterocycles. The number of aromatic hydroxyl groups is 1. The van der Waals surface area contributed by atoms with E-state index in [1.807, 2.05) is 31.2 Å². The van der Waals surface area contributed by atoms with Crippen molar-refractivity contribution in [1.29, 1.82) is 0 Å². The molecule has 3 aromatic rings. The molecular weight excluding hydrogens is 214 g/mol. The van der Waals surface area contributed by atoms with Crippen LogP contribution in [0.4, 0.5) is 0 Å². The molecule has 0 aliphatic rings. The van der Waals surface area contributed by atoms with Crippen LogP contribution in [0.15, 0.2) is 42.6 Å². The van der Waals surface area contributed by atoms with Crippen LogP contribution in [-0.2, 0) is 0 Å². The molecular formula is C13H11N3O. The predicted molar refractivity (Wildman–Crippen MR) is 64.8 cm³/mol. The van der Waals surface area contributed by atoms with Crippen LogP contribution in [0.25, 0.3) is 17.0 Å². The van der Waals surface area contributed by atoms with Gasteiger partial charge >= 0.3 is 0 Å². The van der Waals surface area contributed by atoms with Gasteiger partial charge in [0.1, 0.15) is 5.75 Å². The zero-order valence-corrected chi connectivity index (χ0v) is 9.33. The highest BCUT2D eigenvalue weighted by Crippen LogP contribution is 2.21. The minimum atomic E-state index is 0.200. The van der Waals surface area contributed by atoms with Gasteiger partial charge in [0.2, 0.25) is 0 Å². The van der Waals surface area contributed by atoms with E-state index in [4.69, 9.17) is 0 Å². The van der Waals surface area contributed by atoms with Gasteiger partial charge in [-0.25, -0.2) is 0 Å². The molecule has 0 fully saturated rings. The molecule has 0 unspecified atom stereocenters. The molecule has 0 aliphatic carbocycles. The Morgan fingerprint density at radius 1 is 1.12 bits per heavy atom. The van der Waals surface area contributed by atoms with E-state index in [0.717, 1.165) is 17.0 Å². The van der Waals surface area contributed by atoms with E-state index in [9.17, 15) is 5.11 Å². The van der Waals surface area contributed by atoms with Crippen molar-refractivity contribution in [3.05, 3.63) is 48.2 Å². The average Bonchev–Trinajstić information content (AvgIpc) is 2.71. The van der Waals surface area contributed by atoms with Gasteiger partial charge in [-0.15, -0.1) is 10.2 Å². The normalized spacial score (nSPS) is 10.9. The maximum Gasteiger partial charge on any atom is 0.168 e. The fraction of sp³-hybridized carbons (Fsp3) is 0.0769. The summed E-state index contributed by atoms with van der Waals surface area (Å²) in [7, 11) is 0. The number of pyridine rings is 1. The van der Waals surface area contributed by atoms with Gasteiger partial charge in [-0.05, 0) is 25.1 Å². The van der Waals surface area contributed by atoms with Crippen LogP contribution < -0.4 is 0 Å². The molecule has 2 aromatic heterocycles. The van der Waals surface area contributed by atoms with E-state index in [-0.39, 0.29) is 5.75 Å². The Morgan fingerprint density at radius 2 is 2.00 bits per heavy atom. The largest absolute Gasteiger partial charge is 0.506 e. The number of benzene rings is 1. The lowest BCUT2D eigenvalue weighted by Gasteiger charge is -2.01. The quantitative estimate of drug-likeness (QED) is 0.691. The summed E-state index contributed by atoms with van der Waals surface area (Å²) in [5.41, 5.74) is 2.88. The average molecular weight is 225 g/mol. The number of hydrogen-bond donors (Lipinski definition) is 1. The standard InChI is InChI=1S/C13H11N3O/c1-9-3-2-4-10(7-9)13-15-14-12-6-5-11(17)8-16(12)13/h2-8,17H,1H3. The van der Waals surface area contributed by atoms with Crippen molar-refractivity contribution in [1.82, 2.24) is 14.6 Å². The molecule has 17 heavy (non-hydrogen) atoms. The fourth-order valence-electron chi connectivity index (χ4n) is 1.86. The Kier molecular flexibility index (Phi) is 2.08. The lowest BCUT2D eigenvalue weighted by Crippen LogP contribution is -1.89. The first-order valence-corrected chi connectivity index (χ1v) is 5.35. The van der Waals surface area contributed by atoms with Crippen molar-refractivity contribution in [3.63, 3.8) is 0 Å². The number of rotatable bonds is 1. The SMILES string of the molecule is Cc1cccc(-c2nnc3ccc(O)cn23)c1. The third-order valence-corrected chi connectivity index (χ3v) is 2.66. The Hall–Kier alpha value is -2.36. The van der Waals surface area contributed by atoms with Crippen LogP contribution in [0, 0.1) is 6.92 Å². The summed E-state index contributed by atoms with van der Waals surface area (Å²) in [6, 6.07) is 11.4. The van der Waals surface area contributed by atoms with Crippen LogP contribution >= 0.6 is 0 Å². The van der Waals surface area contributed by atoms with Crippen molar-refractivity contribution in [2.75, 3.05) is 0 Å². The summed E-state index contributed by atoms with van der Waals surface area (Å²) in [5.74, 6) is 0.936. The third kappa shape index (κ3) is 1.63. The molecule has 0 aliphatic heterocycles.